The Hall–Kier alpha value is -3.46. The zero-order valence-electron chi connectivity index (χ0n) is 20.1. The molecular weight excluding hydrogens is 480 g/mol. The Bertz CT molecular complexity index is 1420. The third-order valence-electron chi connectivity index (χ3n) is 6.78. The summed E-state index contributed by atoms with van der Waals surface area (Å²) in [4.78, 5) is 33.5. The van der Waals surface area contributed by atoms with Gasteiger partial charge in [0.2, 0.25) is 5.91 Å². The Balaban J connectivity index is 1.26. The maximum Gasteiger partial charge on any atom is 0.420 e. The first-order valence-corrected chi connectivity index (χ1v) is 12.2. The van der Waals surface area contributed by atoms with E-state index in [-0.39, 0.29) is 24.7 Å². The fourth-order valence-electron chi connectivity index (χ4n) is 4.52. The predicted octanol–water partition coefficient (Wildman–Crippen LogP) is 4.19. The average Bonchev–Trinajstić information content (AvgIpc) is 3.22. The van der Waals surface area contributed by atoms with Crippen LogP contribution in [-0.2, 0) is 16.1 Å². The topological polar surface area (TPSA) is 80.8 Å². The molecule has 4 aromatic rings. The summed E-state index contributed by atoms with van der Waals surface area (Å²) in [5.74, 6) is -0.779. The number of amides is 1. The lowest BCUT2D eigenvalue weighted by molar-refractivity contribution is -0.139. The van der Waals surface area contributed by atoms with Gasteiger partial charge >= 0.3 is 5.76 Å². The van der Waals surface area contributed by atoms with Crippen LogP contribution in [0.15, 0.2) is 76.2 Å². The largest absolute Gasteiger partial charge is 0.420 e. The summed E-state index contributed by atoms with van der Waals surface area (Å²) >= 11 is 6.08. The van der Waals surface area contributed by atoms with Gasteiger partial charge in [0.05, 0.1) is 24.4 Å². The number of halogens is 1. The lowest BCUT2D eigenvalue weighted by Gasteiger charge is -2.40. The minimum absolute atomic E-state index is 0.102. The number of oxazole rings is 1. The van der Waals surface area contributed by atoms with Gasteiger partial charge in [0, 0.05) is 37.6 Å². The van der Waals surface area contributed by atoms with Gasteiger partial charge in [0.1, 0.15) is 6.54 Å². The molecule has 8 nitrogen and oxygen atoms in total. The van der Waals surface area contributed by atoms with Crippen molar-refractivity contribution in [1.82, 2.24) is 19.4 Å². The van der Waals surface area contributed by atoms with E-state index in [1.807, 2.05) is 25.3 Å². The molecule has 1 amide bonds. The Labute approximate surface area is 213 Å². The molecular formula is C27H27ClN4O4. The Morgan fingerprint density at radius 2 is 2.00 bits per heavy atom. The van der Waals surface area contributed by atoms with E-state index in [1.165, 1.54) is 4.57 Å². The summed E-state index contributed by atoms with van der Waals surface area (Å²) < 4.78 is 12.6. The Morgan fingerprint density at radius 1 is 1.19 bits per heavy atom. The maximum absolute atomic E-state index is 13.1. The van der Waals surface area contributed by atoms with Crippen molar-refractivity contribution in [3.05, 3.63) is 88.1 Å². The van der Waals surface area contributed by atoms with Gasteiger partial charge in [0.25, 0.3) is 0 Å². The van der Waals surface area contributed by atoms with Crippen molar-refractivity contribution in [3.8, 4) is 11.1 Å². The van der Waals surface area contributed by atoms with Crippen LogP contribution in [0.5, 0.6) is 0 Å². The van der Waals surface area contributed by atoms with E-state index in [1.54, 1.807) is 36.3 Å². The molecule has 0 radical (unpaired) electrons. The number of morpholine rings is 1. The van der Waals surface area contributed by atoms with E-state index in [0.717, 1.165) is 16.7 Å². The number of carbonyl (C=O) groups is 1. The predicted molar refractivity (Wildman–Crippen MR) is 138 cm³/mol. The zero-order valence-corrected chi connectivity index (χ0v) is 20.9. The van der Waals surface area contributed by atoms with Crippen molar-refractivity contribution in [1.29, 1.82) is 0 Å². The van der Waals surface area contributed by atoms with Gasteiger partial charge in [-0.3, -0.25) is 19.2 Å². The van der Waals surface area contributed by atoms with Crippen LogP contribution in [0.1, 0.15) is 18.6 Å². The van der Waals surface area contributed by atoms with Crippen LogP contribution in [0.4, 0.5) is 0 Å². The lowest BCUT2D eigenvalue weighted by Crippen LogP contribution is -2.52. The number of ether oxygens (including phenoxy) is 1. The van der Waals surface area contributed by atoms with Gasteiger partial charge in [-0.2, -0.15) is 0 Å². The fraction of sp³-hybridized carbons (Fsp3) is 0.296. The van der Waals surface area contributed by atoms with Crippen LogP contribution in [0.25, 0.3) is 22.2 Å². The number of aromatic nitrogens is 2. The normalized spacial score (nSPS) is 17.2. The summed E-state index contributed by atoms with van der Waals surface area (Å²) in [5.41, 5.74) is 4.15. The second-order valence-corrected chi connectivity index (χ2v) is 9.36. The molecule has 2 atom stereocenters. The first-order chi connectivity index (χ1) is 17.4. The monoisotopic (exact) mass is 506 g/mol. The van der Waals surface area contributed by atoms with Gasteiger partial charge in [-0.05, 0) is 47.9 Å². The molecule has 2 unspecified atom stereocenters. The number of hydrogen-bond donors (Lipinski definition) is 0. The molecule has 0 aliphatic carbocycles. The zero-order chi connectivity index (χ0) is 25.2. The molecule has 1 aliphatic rings. The summed E-state index contributed by atoms with van der Waals surface area (Å²) in [6.45, 7) is 3.77. The van der Waals surface area contributed by atoms with Crippen LogP contribution < -0.4 is 5.76 Å². The summed E-state index contributed by atoms with van der Waals surface area (Å²) in [5, 5.41) is 0.471. The third-order valence-corrected chi connectivity index (χ3v) is 7.02. The Kier molecular flexibility index (Phi) is 6.91. The van der Waals surface area contributed by atoms with E-state index >= 15 is 0 Å². The van der Waals surface area contributed by atoms with Crippen LogP contribution in [0, 0.1) is 0 Å². The highest BCUT2D eigenvalue weighted by Gasteiger charge is 2.29. The van der Waals surface area contributed by atoms with Crippen molar-refractivity contribution in [3.63, 3.8) is 0 Å². The smallest absolute Gasteiger partial charge is 0.408 e. The highest BCUT2D eigenvalue weighted by atomic mass is 35.5. The second kappa shape index (κ2) is 10.3. The van der Waals surface area contributed by atoms with E-state index in [4.69, 9.17) is 20.8 Å². The second-order valence-electron chi connectivity index (χ2n) is 8.92. The molecule has 0 N–H and O–H groups in total. The molecule has 3 heterocycles. The first kappa shape index (κ1) is 24.2. The van der Waals surface area contributed by atoms with Gasteiger partial charge in [-0.25, -0.2) is 4.79 Å². The minimum Gasteiger partial charge on any atom is -0.408 e. The highest BCUT2D eigenvalue weighted by molar-refractivity contribution is 6.31. The fourth-order valence-corrected chi connectivity index (χ4v) is 4.69. The van der Waals surface area contributed by atoms with Gasteiger partial charge in [-0.1, -0.05) is 41.9 Å². The van der Waals surface area contributed by atoms with E-state index < -0.39 is 5.76 Å². The molecule has 1 aliphatic heterocycles. The highest BCUT2D eigenvalue weighted by Crippen LogP contribution is 2.27. The van der Waals surface area contributed by atoms with E-state index in [0.29, 0.717) is 35.8 Å². The minimum atomic E-state index is -0.581. The third kappa shape index (κ3) is 4.93. The van der Waals surface area contributed by atoms with Crippen LogP contribution in [0.3, 0.4) is 0 Å². The molecule has 2 aromatic heterocycles. The van der Waals surface area contributed by atoms with E-state index in [2.05, 4.69) is 34.1 Å². The maximum atomic E-state index is 13.1. The van der Waals surface area contributed by atoms with Crippen molar-refractivity contribution in [2.24, 2.45) is 0 Å². The quantitative estimate of drug-likeness (QED) is 0.390. The molecule has 9 heteroatoms. The Morgan fingerprint density at radius 3 is 2.75 bits per heavy atom. The molecule has 0 saturated carbocycles. The number of rotatable bonds is 6. The molecule has 36 heavy (non-hydrogen) atoms. The first-order valence-electron chi connectivity index (χ1n) is 11.8. The number of pyridine rings is 1. The molecule has 2 aromatic carbocycles. The molecule has 5 rings (SSSR count). The standard InChI is InChI=1S/C27H27ClN4O4/c1-18(30(2)26(33)17-32-23-14-22(28)9-10-24(23)36-27(32)34)31-12-13-35-25(16-31)20-7-5-19(6-8-20)21-4-3-11-29-15-21/h3-11,14-15,18,25H,12-13,16-17H2,1-2H3. The van der Waals surface area contributed by atoms with Crippen LogP contribution in [-0.4, -0.2) is 58.2 Å². The summed E-state index contributed by atoms with van der Waals surface area (Å²) in [6, 6.07) is 17.2. The van der Waals surface area contributed by atoms with Crippen molar-refractivity contribution >= 4 is 28.6 Å². The van der Waals surface area contributed by atoms with Crippen molar-refractivity contribution in [2.75, 3.05) is 26.7 Å². The molecule has 0 bridgehead atoms. The van der Waals surface area contributed by atoms with Crippen molar-refractivity contribution in [2.45, 2.75) is 25.7 Å². The van der Waals surface area contributed by atoms with Crippen molar-refractivity contribution < 1.29 is 13.9 Å². The summed E-state index contributed by atoms with van der Waals surface area (Å²) in [7, 11) is 1.75. The number of benzene rings is 2. The molecule has 186 valence electrons. The molecule has 1 saturated heterocycles. The molecule has 1 fully saturated rings. The van der Waals surface area contributed by atoms with Gasteiger partial charge in [0.15, 0.2) is 5.58 Å². The number of fused-ring (bicyclic) bond motifs is 1. The van der Waals surface area contributed by atoms with E-state index in [9.17, 15) is 9.59 Å². The van der Waals surface area contributed by atoms with Gasteiger partial charge < -0.3 is 14.1 Å². The SMILES string of the molecule is CC(N1CCOC(c2ccc(-c3cccnc3)cc2)C1)N(C)C(=O)Cn1c(=O)oc2ccc(Cl)cc21. The number of hydrogen-bond acceptors (Lipinski definition) is 6. The summed E-state index contributed by atoms with van der Waals surface area (Å²) in [6.07, 6.45) is 3.32. The average molecular weight is 507 g/mol. The van der Waals surface area contributed by atoms with Crippen LogP contribution in [0.2, 0.25) is 5.02 Å². The lowest BCUT2D eigenvalue weighted by atomic mass is 10.0. The van der Waals surface area contributed by atoms with Crippen LogP contribution >= 0.6 is 11.6 Å². The van der Waals surface area contributed by atoms with Gasteiger partial charge in [-0.15, -0.1) is 0 Å². The number of likely N-dealkylation sites (N-methyl/N-ethyl adjacent to an activating group) is 1. The number of carbonyl (C=O) groups excluding carboxylic acids is 1. The number of nitrogens with zero attached hydrogens (tertiary/aromatic N) is 4. The molecule has 0 spiro atoms.